The van der Waals surface area contributed by atoms with Gasteiger partial charge in [-0.1, -0.05) is 49.4 Å². The predicted molar refractivity (Wildman–Crippen MR) is 157 cm³/mol. The summed E-state index contributed by atoms with van der Waals surface area (Å²) >= 11 is 1.28. The number of carbonyl (C=O) groups excluding carboxylic acids is 3. The molecule has 220 valence electrons. The Hall–Kier alpha value is -4.63. The molecule has 2 aliphatic rings. The SMILES string of the molecule is CC1CCCCC1[C@H](NC(=O)C#Cc1ccc(C(=O)O)cc1)C(=O)N1CC=CC1C(=O)NCc1ccc(/C(N)=N/O)s1. The Morgan fingerprint density at radius 1 is 1.14 bits per heavy atom. The van der Waals surface area contributed by atoms with Crippen LogP contribution in [0, 0.1) is 23.7 Å². The number of rotatable bonds is 8. The summed E-state index contributed by atoms with van der Waals surface area (Å²) in [5.41, 5.74) is 6.20. The van der Waals surface area contributed by atoms with Gasteiger partial charge in [-0.15, -0.1) is 11.3 Å². The Kier molecular flexibility index (Phi) is 9.98. The highest BCUT2D eigenvalue weighted by Gasteiger charge is 2.40. The van der Waals surface area contributed by atoms with E-state index in [0.717, 1.165) is 30.6 Å². The molecule has 0 bridgehead atoms. The standard InChI is InChI=1S/C30H33N5O6S/c1-18-5-2-3-6-22(18)26(33-25(36)15-10-19-8-11-20(12-9-19)30(39)40)29(38)35-16-4-7-23(35)28(37)32-17-21-13-14-24(42-21)27(31)34-41/h4,7-9,11-14,18,22-23,26,41H,2-3,5-6,16-17H2,1H3,(H2,31,34)(H,32,37)(H,33,36)(H,39,40)/t18?,22?,23?,26-/m0/s1. The van der Waals surface area contributed by atoms with Gasteiger partial charge < -0.3 is 31.6 Å². The van der Waals surface area contributed by atoms with Gasteiger partial charge in [-0.25, -0.2) is 4.79 Å². The molecule has 12 heteroatoms. The molecule has 0 radical (unpaired) electrons. The van der Waals surface area contributed by atoms with E-state index >= 15 is 0 Å². The largest absolute Gasteiger partial charge is 0.478 e. The minimum Gasteiger partial charge on any atom is -0.478 e. The van der Waals surface area contributed by atoms with Crippen LogP contribution in [0.2, 0.25) is 0 Å². The second kappa shape index (κ2) is 13.8. The van der Waals surface area contributed by atoms with Crippen LogP contribution in [0.4, 0.5) is 0 Å². The van der Waals surface area contributed by atoms with Crippen molar-refractivity contribution >= 4 is 40.9 Å². The van der Waals surface area contributed by atoms with E-state index in [9.17, 15) is 19.2 Å². The van der Waals surface area contributed by atoms with E-state index in [-0.39, 0.29) is 48.1 Å². The summed E-state index contributed by atoms with van der Waals surface area (Å²) in [4.78, 5) is 53.9. The van der Waals surface area contributed by atoms with Crippen molar-refractivity contribution in [2.45, 2.75) is 51.2 Å². The first-order chi connectivity index (χ1) is 20.2. The zero-order valence-corrected chi connectivity index (χ0v) is 23.9. The Balaban J connectivity index is 1.46. The number of nitrogens with one attached hydrogen (secondary N) is 2. The van der Waals surface area contributed by atoms with Crippen LogP contribution in [-0.2, 0) is 20.9 Å². The molecular formula is C30H33N5O6S. The maximum atomic E-state index is 13.9. The Bertz CT molecular complexity index is 1450. The molecule has 1 aromatic carbocycles. The van der Waals surface area contributed by atoms with E-state index in [0.29, 0.717) is 10.4 Å². The minimum absolute atomic E-state index is 0.0149. The van der Waals surface area contributed by atoms with Crippen molar-refractivity contribution in [2.75, 3.05) is 6.54 Å². The third-order valence-electron chi connectivity index (χ3n) is 7.58. The number of carbonyl (C=O) groups is 4. The summed E-state index contributed by atoms with van der Waals surface area (Å²) in [6.07, 6.45) is 7.12. The second-order valence-electron chi connectivity index (χ2n) is 10.3. The summed E-state index contributed by atoms with van der Waals surface area (Å²) in [7, 11) is 0. The lowest BCUT2D eigenvalue weighted by Gasteiger charge is -2.37. The normalized spacial score (nSPS) is 20.7. The van der Waals surface area contributed by atoms with Gasteiger partial charge in [0.2, 0.25) is 11.8 Å². The fourth-order valence-electron chi connectivity index (χ4n) is 5.29. The second-order valence-corrected chi connectivity index (χ2v) is 11.5. The molecule has 0 spiro atoms. The van der Waals surface area contributed by atoms with Crippen LogP contribution < -0.4 is 16.4 Å². The van der Waals surface area contributed by atoms with Gasteiger partial charge in [0.1, 0.15) is 12.1 Å². The summed E-state index contributed by atoms with van der Waals surface area (Å²) in [5.74, 6) is 2.92. The molecule has 4 rings (SSSR count). The predicted octanol–water partition coefficient (Wildman–Crippen LogP) is 2.29. The highest BCUT2D eigenvalue weighted by Crippen LogP contribution is 2.33. The molecule has 2 aromatic rings. The van der Waals surface area contributed by atoms with Crippen LogP contribution in [-0.4, -0.2) is 63.4 Å². The van der Waals surface area contributed by atoms with Crippen LogP contribution in [0.1, 0.15) is 58.3 Å². The van der Waals surface area contributed by atoms with Crippen molar-refractivity contribution in [3.05, 3.63) is 69.4 Å². The maximum Gasteiger partial charge on any atom is 0.335 e. The average molecular weight is 592 g/mol. The van der Waals surface area contributed by atoms with Crippen LogP contribution in [0.15, 0.2) is 53.7 Å². The van der Waals surface area contributed by atoms with Crippen molar-refractivity contribution in [3.8, 4) is 11.8 Å². The van der Waals surface area contributed by atoms with Crippen LogP contribution in [0.25, 0.3) is 0 Å². The molecule has 1 aliphatic carbocycles. The lowest BCUT2D eigenvalue weighted by Crippen LogP contribution is -2.57. The van der Waals surface area contributed by atoms with E-state index < -0.39 is 24.0 Å². The van der Waals surface area contributed by atoms with Crippen molar-refractivity contribution in [1.29, 1.82) is 0 Å². The van der Waals surface area contributed by atoms with Gasteiger partial charge in [0, 0.05) is 22.9 Å². The van der Waals surface area contributed by atoms with Gasteiger partial charge in [-0.2, -0.15) is 0 Å². The molecule has 4 atom stereocenters. The monoisotopic (exact) mass is 591 g/mol. The van der Waals surface area contributed by atoms with E-state index in [1.165, 1.54) is 40.5 Å². The molecule has 1 fully saturated rings. The number of oxime groups is 1. The zero-order chi connectivity index (χ0) is 30.2. The molecule has 1 saturated carbocycles. The number of carboxylic acid groups (broad SMARTS) is 1. The van der Waals surface area contributed by atoms with E-state index in [4.69, 9.17) is 16.0 Å². The number of nitrogens with zero attached hydrogens (tertiary/aromatic N) is 2. The van der Waals surface area contributed by atoms with Crippen molar-refractivity contribution in [1.82, 2.24) is 15.5 Å². The summed E-state index contributed by atoms with van der Waals surface area (Å²) in [6, 6.07) is 7.61. The molecule has 2 heterocycles. The third kappa shape index (κ3) is 7.36. The molecular weight excluding hydrogens is 558 g/mol. The van der Waals surface area contributed by atoms with E-state index in [1.807, 2.05) is 0 Å². The van der Waals surface area contributed by atoms with E-state index in [2.05, 4.69) is 34.6 Å². The molecule has 3 unspecified atom stereocenters. The summed E-state index contributed by atoms with van der Waals surface area (Å²) < 4.78 is 0. The lowest BCUT2D eigenvalue weighted by atomic mass is 9.75. The highest BCUT2D eigenvalue weighted by molar-refractivity contribution is 7.14. The average Bonchev–Trinajstić information content (AvgIpc) is 3.68. The summed E-state index contributed by atoms with van der Waals surface area (Å²) in [5, 5.41) is 26.6. The van der Waals surface area contributed by atoms with Gasteiger partial charge in [-0.05, 0) is 54.7 Å². The third-order valence-corrected chi connectivity index (χ3v) is 8.69. The molecule has 1 aromatic heterocycles. The number of carboxylic acids is 1. The van der Waals surface area contributed by atoms with Crippen molar-refractivity contribution < 1.29 is 29.5 Å². The number of benzene rings is 1. The molecule has 1 aliphatic heterocycles. The molecule has 11 nitrogen and oxygen atoms in total. The number of thiophene rings is 1. The summed E-state index contributed by atoms with van der Waals surface area (Å²) in [6.45, 7) is 2.51. The van der Waals surface area contributed by atoms with Gasteiger partial charge in [0.25, 0.3) is 5.91 Å². The van der Waals surface area contributed by atoms with Gasteiger partial charge in [-0.3, -0.25) is 14.4 Å². The number of amidine groups is 1. The van der Waals surface area contributed by atoms with Crippen LogP contribution >= 0.6 is 11.3 Å². The first-order valence-corrected chi connectivity index (χ1v) is 14.5. The van der Waals surface area contributed by atoms with Crippen molar-refractivity contribution in [3.63, 3.8) is 0 Å². The lowest BCUT2D eigenvalue weighted by molar-refractivity contribution is -0.142. The first kappa shape index (κ1) is 30.3. The zero-order valence-electron chi connectivity index (χ0n) is 23.1. The Labute approximate surface area is 247 Å². The molecule has 6 N–H and O–H groups in total. The molecule has 0 saturated heterocycles. The quantitative estimate of drug-likeness (QED) is 0.0782. The fraction of sp³-hybridized carbons (Fsp3) is 0.367. The van der Waals surface area contributed by atoms with Gasteiger partial charge in [0.15, 0.2) is 5.84 Å². The molecule has 42 heavy (non-hydrogen) atoms. The first-order valence-electron chi connectivity index (χ1n) is 13.6. The Morgan fingerprint density at radius 2 is 1.88 bits per heavy atom. The Morgan fingerprint density at radius 3 is 2.57 bits per heavy atom. The number of amides is 3. The number of hydrogen-bond acceptors (Lipinski definition) is 7. The smallest absolute Gasteiger partial charge is 0.335 e. The van der Waals surface area contributed by atoms with Gasteiger partial charge in [0.05, 0.1) is 17.0 Å². The highest BCUT2D eigenvalue weighted by atomic mass is 32.1. The number of hydrogen-bond donors (Lipinski definition) is 5. The van der Waals surface area contributed by atoms with Gasteiger partial charge >= 0.3 is 5.97 Å². The fourth-order valence-corrected chi connectivity index (χ4v) is 6.13. The van der Waals surface area contributed by atoms with Crippen molar-refractivity contribution in [2.24, 2.45) is 22.7 Å². The minimum atomic E-state index is -1.06. The molecule has 3 amide bonds. The van der Waals surface area contributed by atoms with Crippen LogP contribution in [0.3, 0.4) is 0 Å². The maximum absolute atomic E-state index is 13.9. The van der Waals surface area contributed by atoms with E-state index in [1.54, 1.807) is 24.3 Å². The topological polar surface area (TPSA) is 174 Å². The van der Waals surface area contributed by atoms with Crippen LogP contribution in [0.5, 0.6) is 0 Å². The number of aromatic carboxylic acids is 1. The number of nitrogens with two attached hydrogens (primary N) is 1.